The summed E-state index contributed by atoms with van der Waals surface area (Å²) in [6, 6.07) is 9.11. The maximum Gasteiger partial charge on any atom is 0.251 e. The summed E-state index contributed by atoms with van der Waals surface area (Å²) >= 11 is 0. The third-order valence-electron chi connectivity index (χ3n) is 3.20. The molecule has 0 unspecified atom stereocenters. The number of hydrogen-bond acceptors (Lipinski definition) is 5. The van der Waals surface area contributed by atoms with Crippen LogP contribution in [-0.4, -0.2) is 38.7 Å². The monoisotopic (exact) mass is 326 g/mol. The van der Waals surface area contributed by atoms with E-state index in [1.165, 1.54) is 24.5 Å². The number of hydrogen-bond donors (Lipinski definition) is 2. The van der Waals surface area contributed by atoms with Crippen LogP contribution in [0.1, 0.15) is 10.4 Å². The normalized spacial score (nSPS) is 10.4. The Morgan fingerprint density at radius 1 is 1.17 bits per heavy atom. The number of halogens is 1. The number of benzene rings is 1. The van der Waals surface area contributed by atoms with Crippen molar-refractivity contribution in [3.05, 3.63) is 66.5 Å². The quantitative estimate of drug-likeness (QED) is 0.673. The van der Waals surface area contributed by atoms with Crippen molar-refractivity contribution in [3.8, 4) is 5.82 Å². The van der Waals surface area contributed by atoms with Crippen molar-refractivity contribution in [1.82, 2.24) is 25.1 Å². The second-order valence-corrected chi connectivity index (χ2v) is 4.91. The minimum absolute atomic E-state index is 0.290. The Morgan fingerprint density at radius 2 is 2.08 bits per heavy atom. The molecule has 0 spiro atoms. The number of aromatic nitrogens is 4. The highest BCUT2D eigenvalue weighted by atomic mass is 19.1. The van der Waals surface area contributed by atoms with Crippen molar-refractivity contribution in [2.75, 3.05) is 18.4 Å². The van der Waals surface area contributed by atoms with Crippen LogP contribution in [0.5, 0.6) is 0 Å². The molecule has 0 aliphatic carbocycles. The van der Waals surface area contributed by atoms with E-state index in [4.69, 9.17) is 0 Å². The van der Waals surface area contributed by atoms with Crippen molar-refractivity contribution in [2.24, 2.45) is 0 Å². The minimum atomic E-state index is -0.437. The highest BCUT2D eigenvalue weighted by Gasteiger charge is 2.05. The lowest BCUT2D eigenvalue weighted by Gasteiger charge is -2.08. The van der Waals surface area contributed by atoms with Crippen molar-refractivity contribution in [2.45, 2.75) is 0 Å². The van der Waals surface area contributed by atoms with Gasteiger partial charge in [0.15, 0.2) is 5.82 Å². The minimum Gasteiger partial charge on any atom is -0.368 e. The van der Waals surface area contributed by atoms with E-state index >= 15 is 0 Å². The number of nitrogens with zero attached hydrogens (tertiary/aromatic N) is 4. The molecule has 7 nitrogen and oxygen atoms in total. The Bertz CT molecular complexity index is 821. The molecule has 8 heteroatoms. The zero-order valence-electron chi connectivity index (χ0n) is 12.7. The average Bonchev–Trinajstić information content (AvgIpc) is 3.13. The first kappa shape index (κ1) is 15.6. The van der Waals surface area contributed by atoms with E-state index in [0.717, 1.165) is 0 Å². The predicted octanol–water partition coefficient (Wildman–Crippen LogP) is 1.64. The molecule has 1 amide bonds. The number of carbonyl (C=O) groups is 1. The van der Waals surface area contributed by atoms with Gasteiger partial charge in [-0.15, -0.1) is 0 Å². The highest BCUT2D eigenvalue weighted by Crippen LogP contribution is 2.07. The molecule has 0 aliphatic rings. The number of anilines is 1. The van der Waals surface area contributed by atoms with Crippen LogP contribution in [0, 0.1) is 5.82 Å². The van der Waals surface area contributed by atoms with Crippen LogP contribution >= 0.6 is 0 Å². The van der Waals surface area contributed by atoms with Gasteiger partial charge in [-0.1, -0.05) is 6.07 Å². The van der Waals surface area contributed by atoms with Crippen molar-refractivity contribution in [3.63, 3.8) is 0 Å². The first-order valence-electron chi connectivity index (χ1n) is 7.32. The van der Waals surface area contributed by atoms with Gasteiger partial charge in [0.2, 0.25) is 0 Å². The lowest BCUT2D eigenvalue weighted by Crippen LogP contribution is -2.29. The molecular weight excluding hydrogens is 311 g/mol. The third kappa shape index (κ3) is 3.92. The first-order chi connectivity index (χ1) is 11.7. The van der Waals surface area contributed by atoms with E-state index in [9.17, 15) is 9.18 Å². The third-order valence-corrected chi connectivity index (χ3v) is 3.20. The molecule has 0 bridgehead atoms. The Hall–Kier alpha value is -3.29. The summed E-state index contributed by atoms with van der Waals surface area (Å²) < 4.78 is 14.7. The zero-order valence-corrected chi connectivity index (χ0v) is 12.7. The summed E-state index contributed by atoms with van der Waals surface area (Å²) in [5, 5.41) is 9.89. The number of rotatable bonds is 6. The van der Waals surface area contributed by atoms with Crippen LogP contribution in [0.2, 0.25) is 0 Å². The van der Waals surface area contributed by atoms with Gasteiger partial charge in [0.1, 0.15) is 18.0 Å². The smallest absolute Gasteiger partial charge is 0.251 e. The summed E-state index contributed by atoms with van der Waals surface area (Å²) in [6.45, 7) is 0.840. The number of nitrogens with one attached hydrogen (secondary N) is 2. The SMILES string of the molecule is O=C(NCCNc1cc(-n2cccn2)ncn1)c1cccc(F)c1. The van der Waals surface area contributed by atoms with Crippen molar-refractivity contribution in [1.29, 1.82) is 0 Å². The van der Waals surface area contributed by atoms with Gasteiger partial charge in [-0.05, 0) is 24.3 Å². The molecule has 2 heterocycles. The van der Waals surface area contributed by atoms with Crippen molar-refractivity contribution >= 4 is 11.7 Å². The van der Waals surface area contributed by atoms with E-state index < -0.39 is 5.82 Å². The van der Waals surface area contributed by atoms with Gasteiger partial charge in [0, 0.05) is 37.1 Å². The maximum absolute atomic E-state index is 13.1. The Morgan fingerprint density at radius 3 is 2.88 bits per heavy atom. The molecule has 0 saturated heterocycles. The molecular formula is C16H15FN6O. The topological polar surface area (TPSA) is 84.7 Å². The zero-order chi connectivity index (χ0) is 16.8. The fraction of sp³-hybridized carbons (Fsp3) is 0.125. The molecule has 2 N–H and O–H groups in total. The van der Waals surface area contributed by atoms with Gasteiger partial charge in [0.25, 0.3) is 5.91 Å². The predicted molar refractivity (Wildman–Crippen MR) is 86.4 cm³/mol. The molecule has 2 aromatic heterocycles. The molecule has 122 valence electrons. The Labute approximate surface area is 137 Å². The van der Waals surface area contributed by atoms with Crippen LogP contribution in [0.25, 0.3) is 5.82 Å². The van der Waals surface area contributed by atoms with E-state index in [1.54, 1.807) is 35.3 Å². The van der Waals surface area contributed by atoms with Gasteiger partial charge in [0.05, 0.1) is 0 Å². The lowest BCUT2D eigenvalue weighted by atomic mass is 10.2. The van der Waals surface area contributed by atoms with Gasteiger partial charge < -0.3 is 10.6 Å². The van der Waals surface area contributed by atoms with Crippen LogP contribution in [-0.2, 0) is 0 Å². The Kier molecular flexibility index (Phi) is 4.76. The summed E-state index contributed by atoms with van der Waals surface area (Å²) in [6.07, 6.45) is 4.88. The van der Waals surface area contributed by atoms with Crippen LogP contribution < -0.4 is 10.6 Å². The van der Waals surface area contributed by atoms with Gasteiger partial charge >= 0.3 is 0 Å². The fourth-order valence-electron chi connectivity index (χ4n) is 2.07. The highest BCUT2D eigenvalue weighted by molar-refractivity contribution is 5.94. The largest absolute Gasteiger partial charge is 0.368 e. The maximum atomic E-state index is 13.1. The van der Waals surface area contributed by atoms with Crippen LogP contribution in [0.3, 0.4) is 0 Å². The lowest BCUT2D eigenvalue weighted by molar-refractivity contribution is 0.0954. The second-order valence-electron chi connectivity index (χ2n) is 4.91. The average molecular weight is 326 g/mol. The molecule has 1 aromatic carbocycles. The molecule has 0 saturated carbocycles. The fourth-order valence-corrected chi connectivity index (χ4v) is 2.07. The van der Waals surface area contributed by atoms with Gasteiger partial charge in [-0.2, -0.15) is 5.10 Å². The number of amides is 1. The van der Waals surface area contributed by atoms with Crippen molar-refractivity contribution < 1.29 is 9.18 Å². The van der Waals surface area contributed by atoms with Crippen LogP contribution in [0.4, 0.5) is 10.2 Å². The second kappa shape index (κ2) is 7.32. The molecule has 3 rings (SSSR count). The molecule has 0 fully saturated rings. The standard InChI is InChI=1S/C16H15FN6O/c17-13-4-1-3-12(9-13)16(24)19-7-6-18-14-10-15(21-11-20-14)23-8-2-5-22-23/h1-5,8-11H,6-7H2,(H,19,24)(H,18,20,21). The first-order valence-corrected chi connectivity index (χ1v) is 7.32. The van der Waals surface area contributed by atoms with Crippen LogP contribution in [0.15, 0.2) is 55.1 Å². The van der Waals surface area contributed by atoms with E-state index in [1.807, 2.05) is 0 Å². The number of carbonyl (C=O) groups excluding carboxylic acids is 1. The molecule has 3 aromatic rings. The van der Waals surface area contributed by atoms with E-state index in [2.05, 4.69) is 25.7 Å². The summed E-state index contributed by atoms with van der Waals surface area (Å²) in [5.74, 6) is 0.501. The molecule has 0 atom stereocenters. The van der Waals surface area contributed by atoms with E-state index in [0.29, 0.717) is 24.7 Å². The summed E-state index contributed by atoms with van der Waals surface area (Å²) in [5.41, 5.74) is 0.290. The van der Waals surface area contributed by atoms with Gasteiger partial charge in [-0.3, -0.25) is 4.79 Å². The summed E-state index contributed by atoms with van der Waals surface area (Å²) in [4.78, 5) is 20.1. The van der Waals surface area contributed by atoms with Gasteiger partial charge in [-0.25, -0.2) is 19.0 Å². The summed E-state index contributed by atoms with van der Waals surface area (Å²) in [7, 11) is 0. The van der Waals surface area contributed by atoms with E-state index in [-0.39, 0.29) is 11.5 Å². The molecule has 24 heavy (non-hydrogen) atoms. The Balaban J connectivity index is 1.50. The molecule has 0 radical (unpaired) electrons. The molecule has 0 aliphatic heterocycles.